The number of hydrogen-bond acceptors (Lipinski definition) is 3. The molecule has 0 fully saturated rings. The molecule has 3 heteroatoms. The average molecular weight is 193 g/mol. The first-order valence-electron chi connectivity index (χ1n) is 4.94. The van der Waals surface area contributed by atoms with Crippen LogP contribution in [0.5, 0.6) is 0 Å². The van der Waals surface area contributed by atoms with E-state index in [4.69, 9.17) is 0 Å². The highest BCUT2D eigenvalue weighted by molar-refractivity contribution is 5.05. The fourth-order valence-electron chi connectivity index (χ4n) is 1.47. The standard InChI is InChI=1S/C11H19N3/c1-12-11(9-14(2)3)8-10-6-4-5-7-13-10/h4-7,11-12H,8-9H2,1-3H3. The maximum absolute atomic E-state index is 4.32. The molecule has 0 spiro atoms. The van der Waals surface area contributed by atoms with Gasteiger partial charge >= 0.3 is 0 Å². The first-order chi connectivity index (χ1) is 6.72. The molecule has 1 N–H and O–H groups in total. The second-order valence-electron chi connectivity index (χ2n) is 3.77. The number of likely N-dealkylation sites (N-methyl/N-ethyl adjacent to an activating group) is 2. The van der Waals surface area contributed by atoms with Crippen molar-refractivity contribution in [3.8, 4) is 0 Å². The molecule has 0 aliphatic carbocycles. The molecule has 1 atom stereocenters. The number of pyridine rings is 1. The van der Waals surface area contributed by atoms with E-state index in [1.54, 1.807) is 0 Å². The smallest absolute Gasteiger partial charge is 0.0419 e. The molecule has 0 radical (unpaired) electrons. The molecule has 0 aromatic carbocycles. The van der Waals surface area contributed by atoms with Gasteiger partial charge in [0.2, 0.25) is 0 Å². The summed E-state index contributed by atoms with van der Waals surface area (Å²) >= 11 is 0. The molecule has 0 bridgehead atoms. The van der Waals surface area contributed by atoms with Crippen LogP contribution in [-0.4, -0.2) is 43.6 Å². The Kier molecular flexibility index (Phi) is 4.56. The van der Waals surface area contributed by atoms with Crippen LogP contribution in [0.3, 0.4) is 0 Å². The van der Waals surface area contributed by atoms with Crippen LogP contribution in [-0.2, 0) is 6.42 Å². The first kappa shape index (κ1) is 11.1. The second kappa shape index (κ2) is 5.73. The molecule has 0 saturated carbocycles. The predicted molar refractivity (Wildman–Crippen MR) is 59.3 cm³/mol. The minimum Gasteiger partial charge on any atom is -0.315 e. The third-order valence-corrected chi connectivity index (χ3v) is 2.18. The molecule has 1 rings (SSSR count). The van der Waals surface area contributed by atoms with Gasteiger partial charge in [0.1, 0.15) is 0 Å². The minimum absolute atomic E-state index is 0.472. The molecule has 0 aliphatic heterocycles. The summed E-state index contributed by atoms with van der Waals surface area (Å²) < 4.78 is 0. The zero-order chi connectivity index (χ0) is 10.4. The molecule has 0 amide bonds. The van der Waals surface area contributed by atoms with Gasteiger partial charge in [-0.15, -0.1) is 0 Å². The van der Waals surface area contributed by atoms with Gasteiger partial charge in [-0.3, -0.25) is 4.98 Å². The Hall–Kier alpha value is -0.930. The Bertz CT molecular complexity index is 246. The van der Waals surface area contributed by atoms with Crippen LogP contribution in [0, 0.1) is 0 Å². The van der Waals surface area contributed by atoms with Gasteiger partial charge in [0.25, 0.3) is 0 Å². The average Bonchev–Trinajstić information content (AvgIpc) is 2.17. The van der Waals surface area contributed by atoms with Crippen molar-refractivity contribution >= 4 is 0 Å². The Labute approximate surface area is 86.2 Å². The van der Waals surface area contributed by atoms with Crippen LogP contribution in [0.4, 0.5) is 0 Å². The van der Waals surface area contributed by atoms with E-state index in [0.29, 0.717) is 6.04 Å². The van der Waals surface area contributed by atoms with Crippen molar-refractivity contribution in [3.63, 3.8) is 0 Å². The van der Waals surface area contributed by atoms with Gasteiger partial charge in [0.15, 0.2) is 0 Å². The van der Waals surface area contributed by atoms with Crippen LogP contribution in [0.15, 0.2) is 24.4 Å². The van der Waals surface area contributed by atoms with Crippen LogP contribution >= 0.6 is 0 Å². The number of rotatable bonds is 5. The first-order valence-corrected chi connectivity index (χ1v) is 4.94. The van der Waals surface area contributed by atoms with E-state index in [9.17, 15) is 0 Å². The molecule has 1 aromatic heterocycles. The van der Waals surface area contributed by atoms with E-state index >= 15 is 0 Å². The van der Waals surface area contributed by atoms with E-state index in [0.717, 1.165) is 18.7 Å². The highest BCUT2D eigenvalue weighted by Crippen LogP contribution is 1.99. The number of nitrogens with one attached hydrogen (secondary N) is 1. The fourth-order valence-corrected chi connectivity index (χ4v) is 1.47. The quantitative estimate of drug-likeness (QED) is 0.749. The molecule has 0 aliphatic rings. The van der Waals surface area contributed by atoms with Gasteiger partial charge in [-0.1, -0.05) is 6.07 Å². The summed E-state index contributed by atoms with van der Waals surface area (Å²) in [5.41, 5.74) is 1.15. The highest BCUT2D eigenvalue weighted by atomic mass is 15.1. The summed E-state index contributed by atoms with van der Waals surface area (Å²) in [4.78, 5) is 6.50. The molecule has 1 unspecified atom stereocenters. The second-order valence-corrected chi connectivity index (χ2v) is 3.77. The van der Waals surface area contributed by atoms with E-state index in [1.807, 2.05) is 25.4 Å². The van der Waals surface area contributed by atoms with Crippen LogP contribution in [0.2, 0.25) is 0 Å². The van der Waals surface area contributed by atoms with Crippen molar-refractivity contribution in [1.82, 2.24) is 15.2 Å². The lowest BCUT2D eigenvalue weighted by Gasteiger charge is -2.19. The predicted octanol–water partition coefficient (Wildman–Crippen LogP) is 0.774. The highest BCUT2D eigenvalue weighted by Gasteiger charge is 2.08. The number of aromatic nitrogens is 1. The molecular weight excluding hydrogens is 174 g/mol. The van der Waals surface area contributed by atoms with Crippen molar-refractivity contribution in [2.45, 2.75) is 12.5 Å². The lowest BCUT2D eigenvalue weighted by atomic mass is 10.1. The molecule has 78 valence electrons. The summed E-state index contributed by atoms with van der Waals surface area (Å²) in [6, 6.07) is 6.52. The number of nitrogens with zero attached hydrogens (tertiary/aromatic N) is 2. The van der Waals surface area contributed by atoms with Gasteiger partial charge in [-0.2, -0.15) is 0 Å². The normalized spacial score (nSPS) is 13.1. The zero-order valence-corrected chi connectivity index (χ0v) is 9.20. The minimum atomic E-state index is 0.472. The third-order valence-electron chi connectivity index (χ3n) is 2.18. The topological polar surface area (TPSA) is 28.2 Å². The lowest BCUT2D eigenvalue weighted by molar-refractivity contribution is 0.345. The largest absolute Gasteiger partial charge is 0.315 e. The van der Waals surface area contributed by atoms with Crippen molar-refractivity contribution in [2.24, 2.45) is 0 Å². The molecular formula is C11H19N3. The van der Waals surface area contributed by atoms with Gasteiger partial charge < -0.3 is 10.2 Å². The molecule has 14 heavy (non-hydrogen) atoms. The van der Waals surface area contributed by atoms with Crippen LogP contribution < -0.4 is 5.32 Å². The molecule has 1 aromatic rings. The SMILES string of the molecule is CNC(Cc1ccccn1)CN(C)C. The zero-order valence-electron chi connectivity index (χ0n) is 9.20. The molecule has 1 heterocycles. The van der Waals surface area contributed by atoms with Crippen LogP contribution in [0.25, 0.3) is 0 Å². The Balaban J connectivity index is 2.48. The summed E-state index contributed by atoms with van der Waals surface area (Å²) in [7, 11) is 6.17. The van der Waals surface area contributed by atoms with Crippen molar-refractivity contribution in [3.05, 3.63) is 30.1 Å². The maximum atomic E-state index is 4.32. The van der Waals surface area contributed by atoms with Crippen molar-refractivity contribution in [1.29, 1.82) is 0 Å². The Morgan fingerprint density at radius 1 is 1.43 bits per heavy atom. The maximum Gasteiger partial charge on any atom is 0.0419 e. The van der Waals surface area contributed by atoms with Gasteiger partial charge in [0, 0.05) is 30.9 Å². The van der Waals surface area contributed by atoms with Crippen molar-refractivity contribution in [2.75, 3.05) is 27.7 Å². The van der Waals surface area contributed by atoms with E-state index in [-0.39, 0.29) is 0 Å². The van der Waals surface area contributed by atoms with Crippen LogP contribution in [0.1, 0.15) is 5.69 Å². The lowest BCUT2D eigenvalue weighted by Crippen LogP contribution is -2.37. The summed E-state index contributed by atoms with van der Waals surface area (Å²) in [6.07, 6.45) is 2.83. The Morgan fingerprint density at radius 2 is 2.21 bits per heavy atom. The summed E-state index contributed by atoms with van der Waals surface area (Å²) in [5.74, 6) is 0. The van der Waals surface area contributed by atoms with E-state index in [2.05, 4.69) is 35.4 Å². The summed E-state index contributed by atoms with van der Waals surface area (Å²) in [6.45, 7) is 1.03. The van der Waals surface area contributed by atoms with Gasteiger partial charge in [-0.05, 0) is 33.3 Å². The Morgan fingerprint density at radius 3 is 2.71 bits per heavy atom. The van der Waals surface area contributed by atoms with Gasteiger partial charge in [0.05, 0.1) is 0 Å². The third kappa shape index (κ3) is 3.85. The fraction of sp³-hybridized carbons (Fsp3) is 0.545. The van der Waals surface area contributed by atoms with Crippen molar-refractivity contribution < 1.29 is 0 Å². The van der Waals surface area contributed by atoms with E-state index < -0.39 is 0 Å². The molecule has 0 saturated heterocycles. The summed E-state index contributed by atoms with van der Waals surface area (Å²) in [5, 5.41) is 3.30. The monoisotopic (exact) mass is 193 g/mol. The van der Waals surface area contributed by atoms with Gasteiger partial charge in [-0.25, -0.2) is 0 Å². The van der Waals surface area contributed by atoms with E-state index in [1.165, 1.54) is 0 Å². The molecule has 3 nitrogen and oxygen atoms in total. The number of hydrogen-bond donors (Lipinski definition) is 1.